The Bertz CT molecular complexity index is 1230. The van der Waals surface area contributed by atoms with Gasteiger partial charge < -0.3 is 9.84 Å². The Morgan fingerprint density at radius 3 is 2.68 bits per heavy atom. The van der Waals surface area contributed by atoms with Crippen molar-refractivity contribution in [3.63, 3.8) is 0 Å². The van der Waals surface area contributed by atoms with Crippen LogP contribution >= 0.6 is 0 Å². The topological polar surface area (TPSA) is 108 Å². The summed E-state index contributed by atoms with van der Waals surface area (Å²) in [5, 5.41) is 17.7. The molecular weight excluding hydrogens is 396 g/mol. The second kappa shape index (κ2) is 8.88. The Labute approximate surface area is 178 Å². The minimum absolute atomic E-state index is 0.0835. The van der Waals surface area contributed by atoms with Crippen LogP contribution in [0.3, 0.4) is 0 Å². The quantitative estimate of drug-likeness (QED) is 0.487. The van der Waals surface area contributed by atoms with Crippen molar-refractivity contribution in [3.05, 3.63) is 82.8 Å². The maximum Gasteiger partial charge on any atom is 0.203 e. The van der Waals surface area contributed by atoms with Gasteiger partial charge in [-0.3, -0.25) is 9.48 Å². The normalized spacial score (nSPS) is 12.0. The van der Waals surface area contributed by atoms with E-state index in [2.05, 4.69) is 20.2 Å². The fourth-order valence-electron chi connectivity index (χ4n) is 3.05. The van der Waals surface area contributed by atoms with E-state index in [4.69, 9.17) is 9.84 Å². The predicted octanol–water partition coefficient (Wildman–Crippen LogP) is 1.77. The van der Waals surface area contributed by atoms with E-state index in [9.17, 15) is 4.79 Å². The SMILES string of the molecule is CC(CO)Oc1cnc(-c2cccc(Cc3nn(-c4cnn(C)c4)ccc3=O)c2)nc1. The van der Waals surface area contributed by atoms with Gasteiger partial charge in [-0.15, -0.1) is 0 Å². The second-order valence-corrected chi connectivity index (χ2v) is 7.17. The number of aliphatic hydroxyl groups excluding tert-OH is 1. The molecule has 4 aromatic rings. The summed E-state index contributed by atoms with van der Waals surface area (Å²) in [4.78, 5) is 21.1. The molecule has 0 saturated heterocycles. The summed E-state index contributed by atoms with van der Waals surface area (Å²) in [6.07, 6.45) is 8.35. The molecule has 0 aliphatic heterocycles. The molecule has 0 amide bonds. The van der Waals surface area contributed by atoms with Gasteiger partial charge in [0.25, 0.3) is 0 Å². The van der Waals surface area contributed by atoms with Gasteiger partial charge in [-0.25, -0.2) is 14.6 Å². The summed E-state index contributed by atoms with van der Waals surface area (Å²) in [7, 11) is 1.83. The van der Waals surface area contributed by atoms with Crippen LogP contribution in [0.2, 0.25) is 0 Å². The minimum Gasteiger partial charge on any atom is -0.485 e. The number of hydrogen-bond donors (Lipinski definition) is 1. The zero-order valence-electron chi connectivity index (χ0n) is 17.2. The second-order valence-electron chi connectivity index (χ2n) is 7.17. The van der Waals surface area contributed by atoms with Crippen LogP contribution in [0.5, 0.6) is 5.75 Å². The van der Waals surface area contributed by atoms with Crippen molar-refractivity contribution in [2.45, 2.75) is 19.4 Å². The first-order valence-electron chi connectivity index (χ1n) is 9.78. The highest BCUT2D eigenvalue weighted by atomic mass is 16.5. The number of aryl methyl sites for hydroxylation is 1. The third-order valence-corrected chi connectivity index (χ3v) is 4.62. The molecule has 0 spiro atoms. The number of aromatic nitrogens is 6. The van der Waals surface area contributed by atoms with Crippen molar-refractivity contribution in [3.8, 4) is 22.8 Å². The van der Waals surface area contributed by atoms with Gasteiger partial charge >= 0.3 is 0 Å². The molecule has 3 heterocycles. The lowest BCUT2D eigenvalue weighted by atomic mass is 10.1. The van der Waals surface area contributed by atoms with Gasteiger partial charge in [0.05, 0.1) is 31.4 Å². The van der Waals surface area contributed by atoms with Crippen LogP contribution in [-0.4, -0.2) is 47.3 Å². The Morgan fingerprint density at radius 2 is 1.97 bits per heavy atom. The molecule has 0 radical (unpaired) electrons. The molecule has 1 N–H and O–H groups in total. The van der Waals surface area contributed by atoms with Crippen LogP contribution in [-0.2, 0) is 13.5 Å². The Balaban J connectivity index is 1.56. The molecule has 3 aromatic heterocycles. The van der Waals surface area contributed by atoms with Crippen molar-refractivity contribution in [1.29, 1.82) is 0 Å². The molecule has 1 aromatic carbocycles. The molecule has 9 heteroatoms. The van der Waals surface area contributed by atoms with Crippen molar-refractivity contribution >= 4 is 0 Å². The van der Waals surface area contributed by atoms with Crippen LogP contribution in [0.25, 0.3) is 17.1 Å². The predicted molar refractivity (Wildman–Crippen MR) is 114 cm³/mol. The largest absolute Gasteiger partial charge is 0.485 e. The molecule has 0 aliphatic carbocycles. The summed E-state index contributed by atoms with van der Waals surface area (Å²) in [5.74, 6) is 1.03. The third kappa shape index (κ3) is 4.84. The van der Waals surface area contributed by atoms with Gasteiger partial charge in [0, 0.05) is 31.3 Å². The zero-order chi connectivity index (χ0) is 21.8. The molecule has 0 fully saturated rings. The van der Waals surface area contributed by atoms with E-state index in [-0.39, 0.29) is 18.1 Å². The molecule has 0 saturated carbocycles. The first kappa shape index (κ1) is 20.4. The zero-order valence-corrected chi connectivity index (χ0v) is 17.2. The molecule has 4 rings (SSSR count). The van der Waals surface area contributed by atoms with Crippen molar-refractivity contribution in [2.75, 3.05) is 6.61 Å². The summed E-state index contributed by atoms with van der Waals surface area (Å²) in [5.41, 5.74) is 2.84. The molecule has 31 heavy (non-hydrogen) atoms. The van der Waals surface area contributed by atoms with Crippen LogP contribution in [0.4, 0.5) is 0 Å². The average Bonchev–Trinajstić information content (AvgIpc) is 3.22. The Hall–Kier alpha value is -3.85. The Morgan fingerprint density at radius 1 is 1.16 bits per heavy atom. The first-order chi connectivity index (χ1) is 15.0. The number of ether oxygens (including phenoxy) is 1. The fourth-order valence-corrected chi connectivity index (χ4v) is 3.05. The van der Waals surface area contributed by atoms with Crippen LogP contribution in [0.1, 0.15) is 18.2 Å². The van der Waals surface area contributed by atoms with Crippen LogP contribution in [0, 0.1) is 0 Å². The number of hydrogen-bond acceptors (Lipinski definition) is 7. The standard InChI is InChI=1S/C22H22N6O3/c1-15(14-29)31-19-11-23-22(24-12-19)17-5-3-4-16(8-17)9-20-21(30)6-7-28(26-20)18-10-25-27(2)13-18/h3-8,10-13,15,29H,9,14H2,1-2H3. The van der Waals surface area contributed by atoms with Gasteiger partial charge in [0.1, 0.15) is 17.5 Å². The van der Waals surface area contributed by atoms with E-state index >= 15 is 0 Å². The monoisotopic (exact) mass is 418 g/mol. The maximum absolute atomic E-state index is 12.4. The molecule has 158 valence electrons. The highest BCUT2D eigenvalue weighted by Crippen LogP contribution is 2.19. The lowest BCUT2D eigenvalue weighted by molar-refractivity contribution is 0.129. The number of benzene rings is 1. The number of nitrogens with zero attached hydrogens (tertiary/aromatic N) is 6. The van der Waals surface area contributed by atoms with Crippen LogP contribution < -0.4 is 10.2 Å². The highest BCUT2D eigenvalue weighted by Gasteiger charge is 2.09. The minimum atomic E-state index is -0.327. The van der Waals surface area contributed by atoms with E-state index in [1.165, 1.54) is 6.07 Å². The molecule has 1 unspecified atom stereocenters. The van der Waals surface area contributed by atoms with Crippen molar-refractivity contribution < 1.29 is 9.84 Å². The lowest BCUT2D eigenvalue weighted by Gasteiger charge is -2.11. The van der Waals surface area contributed by atoms with Gasteiger partial charge in [-0.1, -0.05) is 18.2 Å². The summed E-state index contributed by atoms with van der Waals surface area (Å²) in [6.45, 7) is 1.68. The van der Waals surface area contributed by atoms with Crippen molar-refractivity contribution in [1.82, 2.24) is 29.5 Å². The smallest absolute Gasteiger partial charge is 0.203 e. The average molecular weight is 418 g/mol. The van der Waals surface area contributed by atoms with E-state index in [1.807, 2.05) is 37.5 Å². The van der Waals surface area contributed by atoms with E-state index in [0.29, 0.717) is 23.7 Å². The fraction of sp³-hybridized carbons (Fsp3) is 0.227. The van der Waals surface area contributed by atoms with E-state index in [1.54, 1.807) is 41.1 Å². The van der Waals surface area contributed by atoms with Crippen LogP contribution in [0.15, 0.2) is 66.1 Å². The third-order valence-electron chi connectivity index (χ3n) is 4.62. The molecule has 9 nitrogen and oxygen atoms in total. The van der Waals surface area contributed by atoms with Gasteiger partial charge in [0.2, 0.25) is 5.43 Å². The van der Waals surface area contributed by atoms with Gasteiger partial charge in [-0.2, -0.15) is 10.2 Å². The van der Waals surface area contributed by atoms with Gasteiger partial charge in [0.15, 0.2) is 11.6 Å². The molecule has 0 aliphatic rings. The van der Waals surface area contributed by atoms with Gasteiger partial charge in [-0.05, 0) is 18.6 Å². The maximum atomic E-state index is 12.4. The lowest BCUT2D eigenvalue weighted by Crippen LogP contribution is -2.16. The van der Waals surface area contributed by atoms with E-state index in [0.717, 1.165) is 16.8 Å². The molecule has 0 bridgehead atoms. The number of aliphatic hydroxyl groups is 1. The summed E-state index contributed by atoms with van der Waals surface area (Å²) >= 11 is 0. The van der Waals surface area contributed by atoms with E-state index < -0.39 is 0 Å². The van der Waals surface area contributed by atoms with Crippen molar-refractivity contribution in [2.24, 2.45) is 7.05 Å². The summed E-state index contributed by atoms with van der Waals surface area (Å²) < 4.78 is 8.81. The Kier molecular flexibility index (Phi) is 5.85. The summed E-state index contributed by atoms with van der Waals surface area (Å²) in [6, 6.07) is 9.19. The highest BCUT2D eigenvalue weighted by molar-refractivity contribution is 5.56. The molecule has 1 atom stereocenters. The first-order valence-corrected chi connectivity index (χ1v) is 9.78. The number of rotatable bonds is 7. The molecular formula is C22H22N6O3.